The molecule has 0 saturated carbocycles. The molecule has 0 bridgehead atoms. The van der Waals surface area contributed by atoms with Crippen molar-refractivity contribution in [1.82, 2.24) is 4.98 Å². The van der Waals surface area contributed by atoms with E-state index in [0.717, 1.165) is 16.9 Å². The number of hydrogen-bond acceptors (Lipinski definition) is 4. The van der Waals surface area contributed by atoms with Crippen LogP contribution in [0.3, 0.4) is 0 Å². The van der Waals surface area contributed by atoms with Gasteiger partial charge in [-0.25, -0.2) is 4.98 Å². The van der Waals surface area contributed by atoms with E-state index in [1.165, 1.54) is 22.5 Å². The summed E-state index contributed by atoms with van der Waals surface area (Å²) in [5, 5.41) is 15.8. The van der Waals surface area contributed by atoms with E-state index in [9.17, 15) is 5.26 Å². The van der Waals surface area contributed by atoms with Crippen LogP contribution in [-0.4, -0.2) is 4.98 Å². The van der Waals surface area contributed by atoms with E-state index < -0.39 is 0 Å². The number of para-hydroxylation sites is 1. The van der Waals surface area contributed by atoms with Crippen LogP contribution < -0.4 is 5.32 Å². The van der Waals surface area contributed by atoms with Gasteiger partial charge in [0.15, 0.2) is 0 Å². The van der Waals surface area contributed by atoms with E-state index in [1.54, 1.807) is 12.3 Å². The van der Waals surface area contributed by atoms with Crippen LogP contribution in [0.15, 0.2) is 54.0 Å². The average molecular weight is 366 g/mol. The second-order valence-electron chi connectivity index (χ2n) is 5.63. The standard InChI is InChI=1S/C20H16ClN3S/c1-13-7-8-15(9-14(13)2)19-12-25-20(24-19)16(10-22)11-23-18-6-4-3-5-17(18)21/h3-9,11-12,23H,1-2H3. The smallest absolute Gasteiger partial charge is 0.136 e. The number of thiazole rings is 1. The topological polar surface area (TPSA) is 48.7 Å². The summed E-state index contributed by atoms with van der Waals surface area (Å²) in [7, 11) is 0. The highest BCUT2D eigenvalue weighted by Crippen LogP contribution is 2.28. The molecule has 1 N–H and O–H groups in total. The number of aryl methyl sites for hydroxylation is 2. The first kappa shape index (κ1) is 17.2. The summed E-state index contributed by atoms with van der Waals surface area (Å²) in [5.74, 6) is 0. The SMILES string of the molecule is Cc1ccc(-c2csc(C(C#N)=CNc3ccccc3Cl)n2)cc1C. The molecule has 0 saturated heterocycles. The first-order valence-corrected chi connectivity index (χ1v) is 8.99. The molecule has 0 aliphatic carbocycles. The summed E-state index contributed by atoms with van der Waals surface area (Å²) in [4.78, 5) is 4.61. The lowest BCUT2D eigenvalue weighted by molar-refractivity contribution is 1.31. The summed E-state index contributed by atoms with van der Waals surface area (Å²) in [6, 6.07) is 15.9. The van der Waals surface area contributed by atoms with Crippen molar-refractivity contribution in [2.75, 3.05) is 5.32 Å². The molecule has 0 spiro atoms. The molecular weight excluding hydrogens is 350 g/mol. The van der Waals surface area contributed by atoms with Crippen LogP contribution in [0.1, 0.15) is 16.1 Å². The number of halogens is 1. The van der Waals surface area contributed by atoms with Crippen molar-refractivity contribution in [2.45, 2.75) is 13.8 Å². The van der Waals surface area contributed by atoms with Gasteiger partial charge in [0.1, 0.15) is 16.6 Å². The molecule has 3 aromatic rings. The summed E-state index contributed by atoms with van der Waals surface area (Å²) in [5.41, 5.74) is 5.64. The Bertz CT molecular complexity index is 983. The normalized spacial score (nSPS) is 11.2. The maximum Gasteiger partial charge on any atom is 0.136 e. The van der Waals surface area contributed by atoms with Crippen LogP contribution >= 0.6 is 22.9 Å². The number of nitrogens with zero attached hydrogens (tertiary/aromatic N) is 2. The molecule has 0 amide bonds. The number of benzene rings is 2. The Balaban J connectivity index is 1.86. The maximum absolute atomic E-state index is 9.46. The molecule has 0 aliphatic rings. The minimum atomic E-state index is 0.472. The molecule has 25 heavy (non-hydrogen) atoms. The Hall–Kier alpha value is -2.61. The predicted octanol–water partition coefficient (Wildman–Crippen LogP) is 6.06. The van der Waals surface area contributed by atoms with Gasteiger partial charge in [-0.3, -0.25) is 0 Å². The van der Waals surface area contributed by atoms with E-state index in [4.69, 9.17) is 11.6 Å². The Morgan fingerprint density at radius 1 is 1.20 bits per heavy atom. The first-order valence-electron chi connectivity index (χ1n) is 7.73. The maximum atomic E-state index is 9.46. The van der Waals surface area contributed by atoms with Crippen molar-refractivity contribution in [3.05, 3.63) is 75.2 Å². The number of nitrogens with one attached hydrogen (secondary N) is 1. The molecule has 3 nitrogen and oxygen atoms in total. The van der Waals surface area contributed by atoms with Gasteiger partial charge in [-0.2, -0.15) is 5.26 Å². The lowest BCUT2D eigenvalue weighted by Crippen LogP contribution is -1.91. The van der Waals surface area contributed by atoms with Crippen molar-refractivity contribution < 1.29 is 0 Å². The molecule has 5 heteroatoms. The van der Waals surface area contributed by atoms with E-state index in [1.807, 2.05) is 23.6 Å². The molecular formula is C20H16ClN3S. The van der Waals surface area contributed by atoms with Gasteiger partial charge in [0.25, 0.3) is 0 Å². The summed E-state index contributed by atoms with van der Waals surface area (Å²) in [6.07, 6.45) is 1.64. The van der Waals surface area contributed by atoms with Gasteiger partial charge in [0.05, 0.1) is 16.4 Å². The lowest BCUT2D eigenvalue weighted by Gasteiger charge is -2.03. The third-order valence-electron chi connectivity index (χ3n) is 3.90. The van der Waals surface area contributed by atoms with Gasteiger partial charge in [-0.1, -0.05) is 35.9 Å². The average Bonchev–Trinajstić information content (AvgIpc) is 3.09. The Kier molecular flexibility index (Phi) is 5.18. The van der Waals surface area contributed by atoms with E-state index in [2.05, 4.69) is 48.4 Å². The fourth-order valence-corrected chi connectivity index (χ4v) is 3.29. The van der Waals surface area contributed by atoms with E-state index in [0.29, 0.717) is 15.6 Å². The number of allylic oxidation sites excluding steroid dienone is 1. The molecule has 3 rings (SSSR count). The number of rotatable bonds is 4. The number of nitriles is 1. The predicted molar refractivity (Wildman–Crippen MR) is 106 cm³/mol. The van der Waals surface area contributed by atoms with Crippen LogP contribution in [-0.2, 0) is 0 Å². The molecule has 1 heterocycles. The van der Waals surface area contributed by atoms with Crippen molar-refractivity contribution in [3.63, 3.8) is 0 Å². The zero-order valence-electron chi connectivity index (χ0n) is 13.9. The monoisotopic (exact) mass is 365 g/mol. The third kappa shape index (κ3) is 3.90. The fraction of sp³-hybridized carbons (Fsp3) is 0.100. The minimum absolute atomic E-state index is 0.472. The van der Waals surface area contributed by atoms with Gasteiger partial charge in [-0.15, -0.1) is 11.3 Å². The zero-order chi connectivity index (χ0) is 17.8. The lowest BCUT2D eigenvalue weighted by atomic mass is 10.1. The Morgan fingerprint density at radius 2 is 2.00 bits per heavy atom. The van der Waals surface area contributed by atoms with Crippen LogP contribution in [0.4, 0.5) is 5.69 Å². The van der Waals surface area contributed by atoms with Crippen molar-refractivity contribution in [2.24, 2.45) is 0 Å². The molecule has 1 aromatic heterocycles. The van der Waals surface area contributed by atoms with Gasteiger partial charge >= 0.3 is 0 Å². The molecule has 0 radical (unpaired) electrons. The number of anilines is 1. The Labute approximate surface area is 156 Å². The zero-order valence-corrected chi connectivity index (χ0v) is 15.4. The van der Waals surface area contributed by atoms with Crippen LogP contribution in [0, 0.1) is 25.2 Å². The number of hydrogen-bond donors (Lipinski definition) is 1. The van der Waals surface area contributed by atoms with Gasteiger partial charge in [0.2, 0.25) is 0 Å². The van der Waals surface area contributed by atoms with Gasteiger partial charge in [0, 0.05) is 17.1 Å². The molecule has 0 fully saturated rings. The molecule has 0 aliphatic heterocycles. The van der Waals surface area contributed by atoms with Gasteiger partial charge in [-0.05, 0) is 43.2 Å². The summed E-state index contributed by atoms with van der Waals surface area (Å²) < 4.78 is 0. The van der Waals surface area contributed by atoms with E-state index in [-0.39, 0.29) is 0 Å². The van der Waals surface area contributed by atoms with Crippen molar-refractivity contribution in [3.8, 4) is 17.3 Å². The van der Waals surface area contributed by atoms with Crippen molar-refractivity contribution >= 4 is 34.2 Å². The second-order valence-corrected chi connectivity index (χ2v) is 6.90. The molecule has 124 valence electrons. The first-order chi connectivity index (χ1) is 12.1. The highest BCUT2D eigenvalue weighted by Gasteiger charge is 2.10. The quantitative estimate of drug-likeness (QED) is 0.572. The van der Waals surface area contributed by atoms with Gasteiger partial charge < -0.3 is 5.32 Å². The number of aromatic nitrogens is 1. The largest absolute Gasteiger partial charge is 0.359 e. The summed E-state index contributed by atoms with van der Waals surface area (Å²) >= 11 is 7.57. The second kappa shape index (κ2) is 7.52. The molecule has 2 aromatic carbocycles. The fourth-order valence-electron chi connectivity index (χ4n) is 2.30. The minimum Gasteiger partial charge on any atom is -0.359 e. The molecule has 0 atom stereocenters. The molecule has 0 unspecified atom stereocenters. The van der Waals surface area contributed by atoms with E-state index >= 15 is 0 Å². The van der Waals surface area contributed by atoms with Crippen LogP contribution in [0.2, 0.25) is 5.02 Å². The Morgan fingerprint density at radius 3 is 2.72 bits per heavy atom. The van der Waals surface area contributed by atoms with Crippen LogP contribution in [0.25, 0.3) is 16.8 Å². The highest BCUT2D eigenvalue weighted by molar-refractivity contribution is 7.11. The van der Waals surface area contributed by atoms with Crippen molar-refractivity contribution in [1.29, 1.82) is 5.26 Å². The third-order valence-corrected chi connectivity index (χ3v) is 5.11. The van der Waals surface area contributed by atoms with Crippen LogP contribution in [0.5, 0.6) is 0 Å². The highest BCUT2D eigenvalue weighted by atomic mass is 35.5. The summed E-state index contributed by atoms with van der Waals surface area (Å²) in [6.45, 7) is 4.17.